The first-order valence-corrected chi connectivity index (χ1v) is 5.45. The summed E-state index contributed by atoms with van der Waals surface area (Å²) in [5, 5.41) is 8.50. The van der Waals surface area contributed by atoms with E-state index in [9.17, 15) is 13.4 Å². The number of benzene rings is 1. The van der Waals surface area contributed by atoms with E-state index in [1.165, 1.54) is 24.3 Å². The molecule has 0 saturated heterocycles. The van der Waals surface area contributed by atoms with Crippen molar-refractivity contribution in [1.29, 1.82) is 0 Å². The summed E-state index contributed by atoms with van der Waals surface area (Å²) in [5.41, 5.74) is 5.22. The van der Waals surface area contributed by atoms with Gasteiger partial charge in [-0.3, -0.25) is 9.00 Å². The molecule has 0 radical (unpaired) electrons. The Labute approximate surface area is 88.4 Å². The van der Waals surface area contributed by atoms with Crippen molar-refractivity contribution in [3.63, 3.8) is 0 Å². The predicted octanol–water partition coefficient (Wildman–Crippen LogP) is 0.345. The maximum absolute atomic E-state index is 12.5. The second-order valence-electron chi connectivity index (χ2n) is 2.91. The summed E-state index contributed by atoms with van der Waals surface area (Å²) in [7, 11) is -1.51. The molecule has 15 heavy (non-hydrogen) atoms. The summed E-state index contributed by atoms with van der Waals surface area (Å²) >= 11 is 0. The lowest BCUT2D eigenvalue weighted by molar-refractivity contribution is -0.137. The molecule has 0 aromatic heterocycles. The standard InChI is InChI=1S/C9H10FNO3S/c10-6-1-3-7(4-2-6)15(14)5-8(11)9(12)13/h1-4,8H,5,11H2,(H,12,13). The largest absolute Gasteiger partial charge is 0.480 e. The zero-order chi connectivity index (χ0) is 11.4. The van der Waals surface area contributed by atoms with E-state index in [4.69, 9.17) is 10.8 Å². The molecular weight excluding hydrogens is 221 g/mol. The van der Waals surface area contributed by atoms with Gasteiger partial charge >= 0.3 is 5.97 Å². The molecule has 4 nitrogen and oxygen atoms in total. The molecule has 3 N–H and O–H groups in total. The van der Waals surface area contributed by atoms with Gasteiger partial charge < -0.3 is 10.8 Å². The molecule has 0 bridgehead atoms. The smallest absolute Gasteiger partial charge is 0.321 e. The number of hydrogen-bond donors (Lipinski definition) is 2. The van der Waals surface area contributed by atoms with E-state index in [0.29, 0.717) is 4.90 Å². The van der Waals surface area contributed by atoms with Crippen LogP contribution in [-0.2, 0) is 15.6 Å². The molecule has 0 spiro atoms. The van der Waals surface area contributed by atoms with E-state index < -0.39 is 28.6 Å². The third-order valence-electron chi connectivity index (χ3n) is 1.72. The van der Waals surface area contributed by atoms with Gasteiger partial charge in [-0.15, -0.1) is 0 Å². The van der Waals surface area contributed by atoms with Crippen molar-refractivity contribution in [1.82, 2.24) is 0 Å². The van der Waals surface area contributed by atoms with Gasteiger partial charge in [-0.2, -0.15) is 0 Å². The summed E-state index contributed by atoms with van der Waals surface area (Å²) in [5.74, 6) is -1.82. The predicted molar refractivity (Wildman–Crippen MR) is 53.3 cm³/mol. The number of carboxylic acid groups (broad SMARTS) is 1. The second kappa shape index (κ2) is 4.99. The maximum atomic E-state index is 12.5. The number of rotatable bonds is 4. The average molecular weight is 231 g/mol. The van der Waals surface area contributed by atoms with Gasteiger partial charge in [0.15, 0.2) is 0 Å². The zero-order valence-electron chi connectivity index (χ0n) is 7.72. The zero-order valence-corrected chi connectivity index (χ0v) is 8.54. The third-order valence-corrected chi connectivity index (χ3v) is 3.18. The van der Waals surface area contributed by atoms with Crippen LogP contribution in [0.2, 0.25) is 0 Å². The van der Waals surface area contributed by atoms with Gasteiger partial charge in [-0.25, -0.2) is 4.39 Å². The van der Waals surface area contributed by atoms with Crippen LogP contribution in [0.5, 0.6) is 0 Å². The van der Waals surface area contributed by atoms with Gasteiger partial charge in [0.05, 0.1) is 16.6 Å². The van der Waals surface area contributed by atoms with Crippen LogP contribution in [0.25, 0.3) is 0 Å². The third kappa shape index (κ3) is 3.41. The number of nitrogens with two attached hydrogens (primary N) is 1. The minimum atomic E-state index is -1.51. The van der Waals surface area contributed by atoms with E-state index in [-0.39, 0.29) is 5.75 Å². The van der Waals surface area contributed by atoms with Crippen molar-refractivity contribution in [3.8, 4) is 0 Å². The molecule has 0 fully saturated rings. The molecule has 0 aliphatic heterocycles. The number of aliphatic carboxylic acids is 1. The first-order chi connectivity index (χ1) is 7.00. The van der Waals surface area contributed by atoms with Crippen molar-refractivity contribution in [2.75, 3.05) is 5.75 Å². The van der Waals surface area contributed by atoms with Gasteiger partial charge in [0.25, 0.3) is 0 Å². The Morgan fingerprint density at radius 3 is 2.47 bits per heavy atom. The summed E-state index contributed by atoms with van der Waals surface area (Å²) in [4.78, 5) is 10.8. The topological polar surface area (TPSA) is 80.4 Å². The van der Waals surface area contributed by atoms with E-state index in [2.05, 4.69) is 0 Å². The SMILES string of the molecule is NC(CS(=O)c1ccc(F)cc1)C(=O)O. The minimum absolute atomic E-state index is 0.180. The van der Waals surface area contributed by atoms with Crippen LogP contribution in [0.15, 0.2) is 29.2 Å². The number of hydrogen-bond acceptors (Lipinski definition) is 3. The highest BCUT2D eigenvalue weighted by molar-refractivity contribution is 7.85. The van der Waals surface area contributed by atoms with Gasteiger partial charge in [-0.1, -0.05) is 0 Å². The van der Waals surface area contributed by atoms with Crippen molar-refractivity contribution in [3.05, 3.63) is 30.1 Å². The molecule has 1 aromatic rings. The number of carbonyl (C=O) groups is 1. The molecule has 2 unspecified atom stereocenters. The molecular formula is C9H10FNO3S. The van der Waals surface area contributed by atoms with E-state index in [0.717, 1.165) is 0 Å². The quantitative estimate of drug-likeness (QED) is 0.783. The fraction of sp³-hybridized carbons (Fsp3) is 0.222. The van der Waals surface area contributed by atoms with Gasteiger partial charge in [0.1, 0.15) is 11.9 Å². The monoisotopic (exact) mass is 231 g/mol. The first-order valence-electron chi connectivity index (χ1n) is 4.13. The molecule has 0 aliphatic carbocycles. The summed E-state index contributed by atoms with van der Waals surface area (Å²) < 4.78 is 24.0. The fourth-order valence-corrected chi connectivity index (χ4v) is 2.02. The first kappa shape index (κ1) is 11.8. The van der Waals surface area contributed by atoms with Crippen LogP contribution in [0.3, 0.4) is 0 Å². The highest BCUT2D eigenvalue weighted by atomic mass is 32.2. The molecule has 2 atom stereocenters. The minimum Gasteiger partial charge on any atom is -0.480 e. The molecule has 6 heteroatoms. The van der Waals surface area contributed by atoms with Crippen molar-refractivity contribution < 1.29 is 18.5 Å². The molecule has 1 rings (SSSR count). The second-order valence-corrected chi connectivity index (χ2v) is 4.41. The molecule has 0 aliphatic rings. The average Bonchev–Trinajstić information content (AvgIpc) is 2.18. The Kier molecular flexibility index (Phi) is 3.93. The highest BCUT2D eigenvalue weighted by Crippen LogP contribution is 2.08. The van der Waals surface area contributed by atoms with E-state index >= 15 is 0 Å². The Hall–Kier alpha value is -1.27. The van der Waals surface area contributed by atoms with Crippen molar-refractivity contribution >= 4 is 16.8 Å². The summed E-state index contributed by atoms with van der Waals surface area (Å²) in [6.45, 7) is 0. The summed E-state index contributed by atoms with van der Waals surface area (Å²) in [6, 6.07) is 3.86. The molecule has 0 heterocycles. The molecule has 0 amide bonds. The normalized spacial score (nSPS) is 14.5. The van der Waals surface area contributed by atoms with Crippen LogP contribution < -0.4 is 5.73 Å². The molecule has 0 saturated carbocycles. The van der Waals surface area contributed by atoms with E-state index in [1.807, 2.05) is 0 Å². The van der Waals surface area contributed by atoms with Crippen LogP contribution >= 0.6 is 0 Å². The Morgan fingerprint density at radius 1 is 1.47 bits per heavy atom. The molecule has 82 valence electrons. The van der Waals surface area contributed by atoms with Gasteiger partial charge in [0, 0.05) is 4.90 Å². The molecule has 1 aromatic carbocycles. The van der Waals surface area contributed by atoms with Gasteiger partial charge in [0.2, 0.25) is 0 Å². The lowest BCUT2D eigenvalue weighted by atomic mass is 10.3. The van der Waals surface area contributed by atoms with Crippen LogP contribution in [0, 0.1) is 5.82 Å². The maximum Gasteiger partial charge on any atom is 0.321 e. The van der Waals surface area contributed by atoms with E-state index in [1.54, 1.807) is 0 Å². The van der Waals surface area contributed by atoms with Crippen LogP contribution in [-0.4, -0.2) is 27.1 Å². The summed E-state index contributed by atoms with van der Waals surface area (Å²) in [6.07, 6.45) is 0. The van der Waals surface area contributed by atoms with Crippen LogP contribution in [0.4, 0.5) is 4.39 Å². The Morgan fingerprint density at radius 2 is 2.00 bits per heavy atom. The lowest BCUT2D eigenvalue weighted by Crippen LogP contribution is -2.35. The lowest BCUT2D eigenvalue weighted by Gasteiger charge is -2.05. The highest BCUT2D eigenvalue weighted by Gasteiger charge is 2.16. The Bertz CT molecular complexity index is 379. The van der Waals surface area contributed by atoms with Crippen molar-refractivity contribution in [2.45, 2.75) is 10.9 Å². The fourth-order valence-electron chi connectivity index (χ4n) is 0.917. The number of halogens is 1. The van der Waals surface area contributed by atoms with Crippen LogP contribution in [0.1, 0.15) is 0 Å². The van der Waals surface area contributed by atoms with Crippen molar-refractivity contribution in [2.24, 2.45) is 5.73 Å². The Balaban J connectivity index is 2.69. The number of carboxylic acids is 1. The van der Waals surface area contributed by atoms with Gasteiger partial charge in [-0.05, 0) is 24.3 Å².